The Labute approximate surface area is 179 Å². The molecule has 0 spiro atoms. The molecule has 0 aromatic heterocycles. The van der Waals surface area contributed by atoms with Gasteiger partial charge in [0.05, 0.1) is 5.92 Å². The standard InChI is InChI=1S/C17H22ClNO6.Na/c1-10(2)16(22)24-11(3)25-17(23)19-9-8-14(15(20)21)12-4-6-13(18)7-5-12;/h4-7,10-11,14H,8-9H2,1-3H3,(H,19,23)(H,20,21);/q;+1/p-1. The number of hydrogen-bond acceptors (Lipinski definition) is 6. The van der Waals surface area contributed by atoms with Crippen molar-refractivity contribution in [3.63, 3.8) is 0 Å². The van der Waals surface area contributed by atoms with Crippen LogP contribution in [0.3, 0.4) is 0 Å². The summed E-state index contributed by atoms with van der Waals surface area (Å²) in [5, 5.41) is 14.2. The average molecular weight is 394 g/mol. The molecule has 2 unspecified atom stereocenters. The summed E-state index contributed by atoms with van der Waals surface area (Å²) in [6.45, 7) is 4.78. The Hall–Kier alpha value is -1.28. The van der Waals surface area contributed by atoms with Gasteiger partial charge in [-0.15, -0.1) is 0 Å². The number of nitrogens with one attached hydrogen (secondary N) is 1. The summed E-state index contributed by atoms with van der Waals surface area (Å²) in [6.07, 6.45) is -1.74. The van der Waals surface area contributed by atoms with Gasteiger partial charge in [0.15, 0.2) is 0 Å². The number of ether oxygens (including phenoxy) is 2. The molecule has 0 saturated heterocycles. The number of carbonyl (C=O) groups is 3. The third-order valence-electron chi connectivity index (χ3n) is 3.29. The minimum Gasteiger partial charge on any atom is -0.549 e. The molecule has 9 heteroatoms. The molecule has 26 heavy (non-hydrogen) atoms. The van der Waals surface area contributed by atoms with Crippen molar-refractivity contribution in [3.05, 3.63) is 34.9 Å². The fraction of sp³-hybridized carbons (Fsp3) is 0.471. The SMILES string of the molecule is CC(OC(=O)NCCC(C(=O)[O-])c1ccc(Cl)cc1)OC(=O)C(C)C.[Na+]. The number of carboxylic acid groups (broad SMARTS) is 1. The number of benzene rings is 1. The molecule has 0 aliphatic carbocycles. The van der Waals surface area contributed by atoms with Crippen LogP contribution >= 0.6 is 11.6 Å². The van der Waals surface area contributed by atoms with E-state index in [0.717, 1.165) is 0 Å². The van der Waals surface area contributed by atoms with Gasteiger partial charge >= 0.3 is 41.6 Å². The molecular weight excluding hydrogens is 373 g/mol. The predicted octanol–water partition coefficient (Wildman–Crippen LogP) is -1.16. The van der Waals surface area contributed by atoms with Crippen LogP contribution in [0.15, 0.2) is 24.3 Å². The Bertz CT molecular complexity index is 608. The van der Waals surface area contributed by atoms with E-state index >= 15 is 0 Å². The van der Waals surface area contributed by atoms with Crippen LogP contribution in [0.5, 0.6) is 0 Å². The Kier molecular flexibility index (Phi) is 11.6. The molecule has 0 fully saturated rings. The first-order chi connectivity index (χ1) is 11.7. The summed E-state index contributed by atoms with van der Waals surface area (Å²) < 4.78 is 9.75. The first kappa shape index (κ1) is 24.7. The van der Waals surface area contributed by atoms with E-state index in [1.807, 2.05) is 0 Å². The third kappa shape index (κ3) is 8.89. The number of halogens is 1. The summed E-state index contributed by atoms with van der Waals surface area (Å²) in [7, 11) is 0. The molecule has 0 radical (unpaired) electrons. The monoisotopic (exact) mass is 393 g/mol. The van der Waals surface area contributed by atoms with Crippen molar-refractivity contribution >= 4 is 29.6 Å². The minimum atomic E-state index is -1.25. The van der Waals surface area contributed by atoms with Crippen LogP contribution in [0.2, 0.25) is 5.02 Å². The third-order valence-corrected chi connectivity index (χ3v) is 3.54. The number of carbonyl (C=O) groups excluding carboxylic acids is 3. The van der Waals surface area contributed by atoms with Gasteiger partial charge < -0.3 is 24.7 Å². The van der Waals surface area contributed by atoms with E-state index in [-0.39, 0.29) is 48.4 Å². The van der Waals surface area contributed by atoms with Gasteiger partial charge in [-0.3, -0.25) is 4.79 Å². The number of amides is 1. The van der Waals surface area contributed by atoms with Gasteiger partial charge in [0.1, 0.15) is 0 Å². The normalized spacial score (nSPS) is 12.5. The molecule has 0 heterocycles. The van der Waals surface area contributed by atoms with Crippen molar-refractivity contribution in [3.8, 4) is 0 Å². The maximum absolute atomic E-state index is 11.6. The molecule has 138 valence electrons. The van der Waals surface area contributed by atoms with Crippen molar-refractivity contribution in [2.45, 2.75) is 39.4 Å². The van der Waals surface area contributed by atoms with E-state index in [2.05, 4.69) is 5.32 Å². The van der Waals surface area contributed by atoms with Crippen LogP contribution < -0.4 is 40.0 Å². The number of aliphatic carboxylic acids is 1. The summed E-state index contributed by atoms with van der Waals surface area (Å²) >= 11 is 5.77. The predicted molar refractivity (Wildman–Crippen MR) is 88.7 cm³/mol. The van der Waals surface area contributed by atoms with Gasteiger partial charge in [-0.25, -0.2) is 4.79 Å². The topological polar surface area (TPSA) is 105 Å². The second-order valence-electron chi connectivity index (χ2n) is 5.70. The first-order valence-corrected chi connectivity index (χ1v) is 8.19. The van der Waals surface area contributed by atoms with Gasteiger partial charge in [0.2, 0.25) is 6.29 Å². The molecule has 7 nitrogen and oxygen atoms in total. The Morgan fingerprint density at radius 1 is 1.12 bits per heavy atom. The Balaban J connectivity index is 0.00000625. The smallest absolute Gasteiger partial charge is 0.549 e. The van der Waals surface area contributed by atoms with Gasteiger partial charge in [-0.05, 0) is 24.1 Å². The first-order valence-electron chi connectivity index (χ1n) is 7.82. The Morgan fingerprint density at radius 3 is 2.19 bits per heavy atom. The second kappa shape index (κ2) is 12.2. The molecule has 0 aliphatic heterocycles. The number of alkyl carbamates (subject to hydrolysis) is 1. The second-order valence-corrected chi connectivity index (χ2v) is 6.14. The molecule has 1 aromatic carbocycles. The van der Waals surface area contributed by atoms with Crippen molar-refractivity contribution in [2.24, 2.45) is 5.92 Å². The van der Waals surface area contributed by atoms with Gasteiger partial charge in [0, 0.05) is 30.4 Å². The van der Waals surface area contributed by atoms with Crippen LogP contribution in [0.25, 0.3) is 0 Å². The van der Waals surface area contributed by atoms with Crippen molar-refractivity contribution in [2.75, 3.05) is 6.54 Å². The summed E-state index contributed by atoms with van der Waals surface area (Å²) in [6, 6.07) is 6.35. The number of esters is 1. The molecule has 0 aliphatic rings. The van der Waals surface area contributed by atoms with Crippen LogP contribution in [0.1, 0.15) is 38.7 Å². The Morgan fingerprint density at radius 2 is 1.69 bits per heavy atom. The zero-order chi connectivity index (χ0) is 19.0. The van der Waals surface area contributed by atoms with Gasteiger partial charge in [-0.2, -0.15) is 0 Å². The molecule has 1 amide bonds. The molecule has 0 bridgehead atoms. The van der Waals surface area contributed by atoms with Gasteiger partial charge in [0.25, 0.3) is 0 Å². The molecule has 1 N–H and O–H groups in total. The quantitative estimate of drug-likeness (QED) is 0.339. The van der Waals surface area contributed by atoms with E-state index in [9.17, 15) is 19.5 Å². The summed E-state index contributed by atoms with van der Waals surface area (Å²) in [5.41, 5.74) is 0.527. The van der Waals surface area contributed by atoms with E-state index in [4.69, 9.17) is 21.1 Å². The largest absolute Gasteiger partial charge is 1.00 e. The van der Waals surface area contributed by atoms with Crippen molar-refractivity contribution in [1.29, 1.82) is 0 Å². The average Bonchev–Trinajstić information content (AvgIpc) is 2.52. The summed E-state index contributed by atoms with van der Waals surface area (Å²) in [5.74, 6) is -2.97. The van der Waals surface area contributed by atoms with Gasteiger partial charge in [-0.1, -0.05) is 37.6 Å². The zero-order valence-corrected chi connectivity index (χ0v) is 18.0. The van der Waals surface area contributed by atoms with Crippen molar-refractivity contribution in [1.82, 2.24) is 5.32 Å². The molecule has 1 rings (SSSR count). The van der Waals surface area contributed by atoms with E-state index in [1.54, 1.807) is 38.1 Å². The van der Waals surface area contributed by atoms with Crippen LogP contribution in [0.4, 0.5) is 4.79 Å². The number of hydrogen-bond donors (Lipinski definition) is 1. The molecule has 0 saturated carbocycles. The van der Waals surface area contributed by atoms with Crippen molar-refractivity contribution < 1.29 is 58.5 Å². The maximum atomic E-state index is 11.6. The van der Waals surface area contributed by atoms with E-state index in [1.165, 1.54) is 6.92 Å². The molecular formula is C17H21ClNNaO6. The number of carboxylic acids is 1. The number of rotatable bonds is 8. The zero-order valence-electron chi connectivity index (χ0n) is 15.3. The van der Waals surface area contributed by atoms with E-state index < -0.39 is 30.2 Å². The fourth-order valence-electron chi connectivity index (χ4n) is 1.95. The maximum Gasteiger partial charge on any atom is 1.00 e. The van der Waals surface area contributed by atoms with E-state index in [0.29, 0.717) is 10.6 Å². The van der Waals surface area contributed by atoms with Crippen LogP contribution in [0, 0.1) is 5.92 Å². The van der Waals surface area contributed by atoms with Crippen LogP contribution in [-0.2, 0) is 19.1 Å². The minimum absolute atomic E-state index is 0. The van der Waals surface area contributed by atoms with Crippen LogP contribution in [-0.4, -0.2) is 30.9 Å². The molecule has 2 atom stereocenters. The summed E-state index contributed by atoms with van der Waals surface area (Å²) in [4.78, 5) is 34.3. The fourth-order valence-corrected chi connectivity index (χ4v) is 2.08. The molecule has 1 aromatic rings.